The molecule has 1 atom stereocenters. The van der Waals surface area contributed by atoms with E-state index >= 15 is 0 Å². The number of benzene rings is 1. The molecule has 0 unspecified atom stereocenters. The van der Waals surface area contributed by atoms with Gasteiger partial charge >= 0.3 is 5.97 Å². The third kappa shape index (κ3) is 3.57. The Bertz CT molecular complexity index is 993. The fraction of sp³-hybridized carbons (Fsp3) is 0.350. The number of hydrogen-bond donors (Lipinski definition) is 2. The summed E-state index contributed by atoms with van der Waals surface area (Å²) in [5.74, 6) is 0.00860. The van der Waals surface area contributed by atoms with Crippen LogP contribution >= 0.6 is 0 Å². The Labute approximate surface area is 168 Å². The van der Waals surface area contributed by atoms with Gasteiger partial charge in [0, 0.05) is 18.2 Å². The predicted octanol–water partition coefficient (Wildman–Crippen LogP) is 2.52. The number of hydrogen-bond acceptors (Lipinski definition) is 8. The molecule has 0 radical (unpaired) electrons. The van der Waals surface area contributed by atoms with Gasteiger partial charge in [-0.25, -0.2) is 0 Å². The van der Waals surface area contributed by atoms with Gasteiger partial charge in [-0.3, -0.25) is 9.89 Å². The number of nitriles is 1. The normalized spacial score (nSPS) is 15.2. The molecule has 0 saturated heterocycles. The average molecular weight is 398 g/mol. The first-order chi connectivity index (χ1) is 13.9. The van der Waals surface area contributed by atoms with Crippen molar-refractivity contribution in [3.63, 3.8) is 0 Å². The first-order valence-electron chi connectivity index (χ1n) is 9.04. The number of H-pyrrole nitrogens is 1. The molecule has 3 N–H and O–H groups in total. The lowest BCUT2D eigenvalue weighted by atomic mass is 9.83. The van der Waals surface area contributed by atoms with Crippen LogP contribution in [0.2, 0.25) is 0 Å². The minimum Gasteiger partial charge on any atom is -0.493 e. The zero-order valence-electron chi connectivity index (χ0n) is 16.7. The first-order valence-corrected chi connectivity index (χ1v) is 9.04. The highest BCUT2D eigenvalue weighted by atomic mass is 16.6. The second kappa shape index (κ2) is 8.14. The number of nitrogens with two attached hydrogens (primary N) is 1. The van der Waals surface area contributed by atoms with E-state index in [0.29, 0.717) is 22.9 Å². The number of fused-ring (bicyclic) bond motifs is 1. The molecule has 9 heteroatoms. The number of aromatic nitrogens is 2. The monoisotopic (exact) mass is 398 g/mol. The number of rotatable bonds is 6. The molecule has 0 saturated carbocycles. The molecular weight excluding hydrogens is 376 g/mol. The van der Waals surface area contributed by atoms with Crippen molar-refractivity contribution in [2.75, 3.05) is 14.2 Å². The van der Waals surface area contributed by atoms with Gasteiger partial charge in [0.1, 0.15) is 11.6 Å². The molecule has 1 aromatic heterocycles. The molecule has 0 fully saturated rings. The third-order valence-electron chi connectivity index (χ3n) is 4.58. The number of aromatic amines is 1. The molecular formula is C20H22N4O5. The summed E-state index contributed by atoms with van der Waals surface area (Å²) in [5.41, 5.74) is 8.51. The molecule has 0 aliphatic carbocycles. The Kier molecular flexibility index (Phi) is 5.64. The zero-order chi connectivity index (χ0) is 21.1. The molecule has 1 aliphatic rings. The van der Waals surface area contributed by atoms with Crippen LogP contribution < -0.4 is 24.7 Å². The Morgan fingerprint density at radius 2 is 2.00 bits per heavy atom. The van der Waals surface area contributed by atoms with Crippen LogP contribution in [0.4, 0.5) is 0 Å². The molecule has 2 heterocycles. The lowest BCUT2D eigenvalue weighted by Gasteiger charge is -2.25. The summed E-state index contributed by atoms with van der Waals surface area (Å²) in [6, 6.07) is 5.52. The van der Waals surface area contributed by atoms with Gasteiger partial charge in [0.05, 0.1) is 20.1 Å². The number of ether oxygens (including phenoxy) is 4. The number of esters is 1. The standard InChI is InChI=1S/C20H22N4O5/c1-5-6-13-17-16(12(9-21)19(22)29-20(17)24-23-13)11-7-14(26-3)18(28-10(2)25)15(8-11)27-4/h7-8,16H,5-6,22H2,1-4H3,(H,23,24)/t16-/m1/s1. The minimum atomic E-state index is -0.543. The summed E-state index contributed by atoms with van der Waals surface area (Å²) in [5, 5.41) is 17.0. The lowest BCUT2D eigenvalue weighted by molar-refractivity contribution is -0.132. The Morgan fingerprint density at radius 3 is 2.52 bits per heavy atom. The first kappa shape index (κ1) is 20.1. The quantitative estimate of drug-likeness (QED) is 0.560. The van der Waals surface area contributed by atoms with Crippen LogP contribution in [0.5, 0.6) is 23.1 Å². The largest absolute Gasteiger partial charge is 0.493 e. The highest BCUT2D eigenvalue weighted by molar-refractivity contribution is 5.73. The van der Waals surface area contributed by atoms with Crippen LogP contribution in [0, 0.1) is 11.3 Å². The molecule has 0 spiro atoms. The molecule has 0 bridgehead atoms. The maximum absolute atomic E-state index is 11.5. The summed E-state index contributed by atoms with van der Waals surface area (Å²) < 4.78 is 21.7. The van der Waals surface area contributed by atoms with Crippen molar-refractivity contribution in [1.82, 2.24) is 10.2 Å². The van der Waals surface area contributed by atoms with Crippen molar-refractivity contribution in [1.29, 1.82) is 5.26 Å². The van der Waals surface area contributed by atoms with E-state index < -0.39 is 11.9 Å². The van der Waals surface area contributed by atoms with Gasteiger partial charge in [-0.05, 0) is 24.1 Å². The molecule has 1 aromatic carbocycles. The summed E-state index contributed by atoms with van der Waals surface area (Å²) in [7, 11) is 2.91. The Hall–Kier alpha value is -3.67. The number of nitrogens with one attached hydrogen (secondary N) is 1. The van der Waals surface area contributed by atoms with Gasteiger partial charge in [0.25, 0.3) is 0 Å². The maximum atomic E-state index is 11.5. The maximum Gasteiger partial charge on any atom is 0.308 e. The molecule has 29 heavy (non-hydrogen) atoms. The number of allylic oxidation sites excluding steroid dienone is 1. The fourth-order valence-corrected chi connectivity index (χ4v) is 3.39. The molecule has 152 valence electrons. The fourth-order valence-electron chi connectivity index (χ4n) is 3.39. The van der Waals surface area contributed by atoms with Crippen molar-refractivity contribution in [3.8, 4) is 29.2 Å². The highest BCUT2D eigenvalue weighted by Gasteiger charge is 2.36. The molecule has 0 amide bonds. The van der Waals surface area contributed by atoms with Crippen molar-refractivity contribution < 1.29 is 23.7 Å². The molecule has 2 aromatic rings. The molecule has 3 rings (SSSR count). The number of carbonyl (C=O) groups excluding carboxylic acids is 1. The second-order valence-electron chi connectivity index (χ2n) is 6.44. The van der Waals surface area contributed by atoms with Crippen LogP contribution in [0.15, 0.2) is 23.6 Å². The second-order valence-corrected chi connectivity index (χ2v) is 6.44. The van der Waals surface area contributed by atoms with E-state index in [0.717, 1.165) is 24.1 Å². The topological polar surface area (TPSA) is 132 Å². The van der Waals surface area contributed by atoms with E-state index in [4.69, 9.17) is 24.7 Å². The van der Waals surface area contributed by atoms with Crippen LogP contribution in [-0.2, 0) is 11.2 Å². The number of aryl methyl sites for hydroxylation is 1. The van der Waals surface area contributed by atoms with Crippen LogP contribution in [-0.4, -0.2) is 30.4 Å². The van der Waals surface area contributed by atoms with Crippen molar-refractivity contribution >= 4 is 5.97 Å². The van der Waals surface area contributed by atoms with Gasteiger partial charge in [-0.15, -0.1) is 5.10 Å². The summed E-state index contributed by atoms with van der Waals surface area (Å²) in [6.07, 6.45) is 1.60. The smallest absolute Gasteiger partial charge is 0.308 e. The zero-order valence-corrected chi connectivity index (χ0v) is 16.7. The van der Waals surface area contributed by atoms with Crippen molar-refractivity contribution in [2.24, 2.45) is 5.73 Å². The summed E-state index contributed by atoms with van der Waals surface area (Å²) in [4.78, 5) is 11.5. The van der Waals surface area contributed by atoms with E-state index in [9.17, 15) is 10.1 Å². The molecule has 9 nitrogen and oxygen atoms in total. The van der Waals surface area contributed by atoms with E-state index in [2.05, 4.69) is 16.3 Å². The van der Waals surface area contributed by atoms with Gasteiger partial charge in [0.2, 0.25) is 17.5 Å². The number of carbonyl (C=O) groups is 1. The molecule has 1 aliphatic heterocycles. The van der Waals surface area contributed by atoms with Crippen LogP contribution in [0.25, 0.3) is 0 Å². The van der Waals surface area contributed by atoms with Gasteiger partial charge in [-0.1, -0.05) is 13.3 Å². The van der Waals surface area contributed by atoms with Gasteiger partial charge in [0.15, 0.2) is 11.5 Å². The number of methoxy groups -OCH3 is 2. The van der Waals surface area contributed by atoms with Crippen LogP contribution in [0.1, 0.15) is 43.0 Å². The summed E-state index contributed by atoms with van der Waals surface area (Å²) in [6.45, 7) is 3.33. The van der Waals surface area contributed by atoms with Gasteiger partial charge < -0.3 is 24.7 Å². The summed E-state index contributed by atoms with van der Waals surface area (Å²) >= 11 is 0. The lowest BCUT2D eigenvalue weighted by Crippen LogP contribution is -2.21. The Balaban J connectivity index is 2.25. The minimum absolute atomic E-state index is 0.0125. The van der Waals surface area contributed by atoms with E-state index in [-0.39, 0.29) is 17.2 Å². The van der Waals surface area contributed by atoms with Gasteiger partial charge in [-0.2, -0.15) is 5.26 Å². The van der Waals surface area contributed by atoms with E-state index in [1.807, 2.05) is 6.92 Å². The number of nitrogens with zero attached hydrogens (tertiary/aromatic N) is 2. The van der Waals surface area contributed by atoms with Crippen LogP contribution in [0.3, 0.4) is 0 Å². The van der Waals surface area contributed by atoms with Crippen molar-refractivity contribution in [2.45, 2.75) is 32.6 Å². The highest BCUT2D eigenvalue weighted by Crippen LogP contribution is 2.47. The Morgan fingerprint density at radius 1 is 1.34 bits per heavy atom. The van der Waals surface area contributed by atoms with E-state index in [1.54, 1.807) is 12.1 Å². The average Bonchev–Trinajstić information content (AvgIpc) is 3.09. The third-order valence-corrected chi connectivity index (χ3v) is 4.58. The SMILES string of the molecule is CCCc1[nH]nc2c1[C@H](c1cc(OC)c(OC(C)=O)c(OC)c1)C(C#N)=C(N)O2. The van der Waals surface area contributed by atoms with Crippen molar-refractivity contribution in [3.05, 3.63) is 40.4 Å². The predicted molar refractivity (Wildman–Crippen MR) is 103 cm³/mol. The van der Waals surface area contributed by atoms with E-state index in [1.165, 1.54) is 21.1 Å².